The largest absolute Gasteiger partial charge is 0.303 e. The van der Waals surface area contributed by atoms with E-state index in [4.69, 9.17) is 4.98 Å². The summed E-state index contributed by atoms with van der Waals surface area (Å²) in [6.07, 6.45) is 1.99. The smallest absolute Gasteiger partial charge is 0.110 e. The molecule has 0 aliphatic heterocycles. The number of nitrogens with zero attached hydrogens (tertiary/aromatic N) is 2. The summed E-state index contributed by atoms with van der Waals surface area (Å²) in [5.74, 6) is 0. The van der Waals surface area contributed by atoms with Crippen LogP contribution in [-0.2, 0) is 12.0 Å². The predicted molar refractivity (Wildman–Crippen MR) is 104 cm³/mol. The molecule has 2 aromatic heterocycles. The van der Waals surface area contributed by atoms with Gasteiger partial charge < -0.3 is 5.32 Å². The number of hydrogen-bond acceptors (Lipinski definition) is 5. The van der Waals surface area contributed by atoms with Gasteiger partial charge in [0.15, 0.2) is 0 Å². The van der Waals surface area contributed by atoms with Gasteiger partial charge in [-0.15, -0.1) is 22.7 Å². The minimum Gasteiger partial charge on any atom is -0.303 e. The summed E-state index contributed by atoms with van der Waals surface area (Å²) in [5.41, 5.74) is 2.34. The van der Waals surface area contributed by atoms with E-state index < -0.39 is 0 Å². The molecule has 1 N–H and O–H groups in total. The second-order valence-corrected chi connectivity index (χ2v) is 8.93. The van der Waals surface area contributed by atoms with Crippen LogP contribution >= 0.6 is 22.7 Å². The fraction of sp³-hybridized carbons (Fsp3) is 0.368. The van der Waals surface area contributed by atoms with Gasteiger partial charge in [0.1, 0.15) is 5.01 Å². The van der Waals surface area contributed by atoms with Crippen molar-refractivity contribution in [1.29, 1.82) is 0 Å². The Morgan fingerprint density at radius 1 is 1.17 bits per heavy atom. The van der Waals surface area contributed by atoms with Gasteiger partial charge in [0.05, 0.1) is 16.7 Å². The fourth-order valence-electron chi connectivity index (χ4n) is 2.30. The van der Waals surface area contributed by atoms with E-state index in [1.54, 1.807) is 22.7 Å². The van der Waals surface area contributed by atoms with Crippen LogP contribution in [0.3, 0.4) is 0 Å². The van der Waals surface area contributed by atoms with Crippen LogP contribution in [-0.4, -0.2) is 9.97 Å². The highest BCUT2D eigenvalue weighted by Crippen LogP contribution is 2.28. The van der Waals surface area contributed by atoms with Crippen molar-refractivity contribution >= 4 is 22.7 Å². The van der Waals surface area contributed by atoms with E-state index in [0.717, 1.165) is 17.2 Å². The van der Waals surface area contributed by atoms with Crippen molar-refractivity contribution in [2.75, 3.05) is 0 Å². The van der Waals surface area contributed by atoms with E-state index >= 15 is 0 Å². The third-order valence-corrected chi connectivity index (χ3v) is 6.19. The molecule has 126 valence electrons. The Morgan fingerprint density at radius 3 is 2.58 bits per heavy atom. The van der Waals surface area contributed by atoms with E-state index in [0.29, 0.717) is 0 Å². The molecule has 24 heavy (non-hydrogen) atoms. The molecule has 1 aromatic carbocycles. The molecule has 3 nitrogen and oxygen atoms in total. The lowest BCUT2D eigenvalue weighted by Crippen LogP contribution is -2.17. The molecule has 1 atom stereocenters. The number of aromatic nitrogens is 2. The molecular weight excluding hydrogens is 334 g/mol. The van der Waals surface area contributed by atoms with Crippen LogP contribution in [0, 0.1) is 0 Å². The lowest BCUT2D eigenvalue weighted by atomic mass is 9.98. The van der Waals surface area contributed by atoms with Crippen molar-refractivity contribution in [3.8, 4) is 11.3 Å². The highest BCUT2D eigenvalue weighted by molar-refractivity contribution is 7.11. The number of thiazole rings is 2. The van der Waals surface area contributed by atoms with Crippen LogP contribution in [0.15, 0.2) is 41.9 Å². The maximum absolute atomic E-state index is 4.78. The van der Waals surface area contributed by atoms with Crippen LogP contribution in [0.4, 0.5) is 0 Å². The Balaban J connectivity index is 1.62. The third-order valence-electron chi connectivity index (χ3n) is 3.74. The standard InChI is InChI=1S/C19H23N3S2/c1-13(20-10-15-11-21-18(24-15)19(2,3)4)17-22-16(12-23-17)14-8-6-5-7-9-14/h5-9,11-13,20H,10H2,1-4H3. The summed E-state index contributed by atoms with van der Waals surface area (Å²) in [5, 5.41) is 8.00. The van der Waals surface area contributed by atoms with E-state index in [2.05, 4.69) is 55.5 Å². The molecule has 0 aliphatic rings. The first-order valence-electron chi connectivity index (χ1n) is 8.13. The minimum atomic E-state index is 0.119. The highest BCUT2D eigenvalue weighted by Gasteiger charge is 2.18. The second kappa shape index (κ2) is 7.13. The lowest BCUT2D eigenvalue weighted by molar-refractivity contribution is 0.575. The van der Waals surface area contributed by atoms with E-state index in [-0.39, 0.29) is 11.5 Å². The Morgan fingerprint density at radius 2 is 1.92 bits per heavy atom. The zero-order valence-electron chi connectivity index (χ0n) is 14.5. The van der Waals surface area contributed by atoms with Gasteiger partial charge in [-0.1, -0.05) is 51.1 Å². The predicted octanol–water partition coefficient (Wildman–Crippen LogP) is 5.41. The Labute approximate surface area is 151 Å². The number of nitrogens with one attached hydrogen (secondary N) is 1. The zero-order chi connectivity index (χ0) is 17.2. The maximum atomic E-state index is 4.78. The molecule has 0 radical (unpaired) electrons. The minimum absolute atomic E-state index is 0.119. The van der Waals surface area contributed by atoms with Gasteiger partial charge in [0, 0.05) is 34.0 Å². The van der Waals surface area contributed by atoms with Crippen LogP contribution in [0.1, 0.15) is 48.6 Å². The Hall–Kier alpha value is -1.56. The van der Waals surface area contributed by atoms with Crippen molar-refractivity contribution in [1.82, 2.24) is 15.3 Å². The highest BCUT2D eigenvalue weighted by atomic mass is 32.1. The maximum Gasteiger partial charge on any atom is 0.110 e. The molecule has 0 spiro atoms. The van der Waals surface area contributed by atoms with Crippen molar-refractivity contribution in [3.05, 3.63) is 56.8 Å². The van der Waals surface area contributed by atoms with Crippen molar-refractivity contribution < 1.29 is 0 Å². The van der Waals surface area contributed by atoms with Crippen LogP contribution in [0.5, 0.6) is 0 Å². The molecule has 0 saturated carbocycles. The normalized spacial score (nSPS) is 13.2. The summed E-state index contributed by atoms with van der Waals surface area (Å²) in [6.45, 7) is 9.60. The van der Waals surface area contributed by atoms with Gasteiger partial charge in [-0.3, -0.25) is 0 Å². The lowest BCUT2D eigenvalue weighted by Gasteiger charge is -2.13. The Bertz CT molecular complexity index is 784. The summed E-state index contributed by atoms with van der Waals surface area (Å²) >= 11 is 3.50. The van der Waals surface area contributed by atoms with Crippen LogP contribution in [0.2, 0.25) is 0 Å². The van der Waals surface area contributed by atoms with Gasteiger partial charge >= 0.3 is 0 Å². The van der Waals surface area contributed by atoms with Gasteiger partial charge in [-0.2, -0.15) is 0 Å². The molecule has 5 heteroatoms. The van der Waals surface area contributed by atoms with Crippen molar-refractivity contribution in [2.45, 2.75) is 45.7 Å². The summed E-state index contributed by atoms with van der Waals surface area (Å²) in [7, 11) is 0. The molecule has 0 saturated heterocycles. The first-order valence-corrected chi connectivity index (χ1v) is 9.82. The first-order chi connectivity index (χ1) is 11.4. The SMILES string of the molecule is CC(NCc1cnc(C(C)(C)C)s1)c1nc(-c2ccccc2)cs1. The van der Waals surface area contributed by atoms with Crippen LogP contribution < -0.4 is 5.32 Å². The number of hydrogen-bond donors (Lipinski definition) is 1. The zero-order valence-corrected chi connectivity index (χ0v) is 16.2. The van der Waals surface area contributed by atoms with Gasteiger partial charge in [-0.25, -0.2) is 9.97 Å². The van der Waals surface area contributed by atoms with Gasteiger partial charge in [0.25, 0.3) is 0 Å². The van der Waals surface area contributed by atoms with Gasteiger partial charge in [0.2, 0.25) is 0 Å². The molecule has 0 fully saturated rings. The third kappa shape index (κ3) is 4.09. The molecule has 3 aromatic rings. The molecule has 0 amide bonds. The van der Waals surface area contributed by atoms with Crippen molar-refractivity contribution in [2.24, 2.45) is 0 Å². The number of benzene rings is 1. The van der Waals surface area contributed by atoms with Crippen LogP contribution in [0.25, 0.3) is 11.3 Å². The molecule has 2 heterocycles. The van der Waals surface area contributed by atoms with E-state index in [9.17, 15) is 0 Å². The quantitative estimate of drug-likeness (QED) is 0.663. The van der Waals surface area contributed by atoms with Crippen molar-refractivity contribution in [3.63, 3.8) is 0 Å². The summed E-state index contributed by atoms with van der Waals surface area (Å²) in [6, 6.07) is 10.6. The monoisotopic (exact) mass is 357 g/mol. The molecule has 0 bridgehead atoms. The summed E-state index contributed by atoms with van der Waals surface area (Å²) < 4.78 is 0. The fourth-order valence-corrected chi connectivity index (χ4v) is 4.09. The topological polar surface area (TPSA) is 37.8 Å². The van der Waals surface area contributed by atoms with E-state index in [1.807, 2.05) is 24.4 Å². The molecular formula is C19H23N3S2. The molecule has 0 aliphatic carbocycles. The average Bonchev–Trinajstić information content (AvgIpc) is 3.22. The van der Waals surface area contributed by atoms with Gasteiger partial charge in [-0.05, 0) is 6.92 Å². The average molecular weight is 358 g/mol. The second-order valence-electron chi connectivity index (χ2n) is 6.92. The molecule has 1 unspecified atom stereocenters. The first kappa shape index (κ1) is 17.3. The van der Waals surface area contributed by atoms with E-state index in [1.165, 1.54) is 15.4 Å². The number of rotatable bonds is 5. The Kier molecular flexibility index (Phi) is 5.13. The summed E-state index contributed by atoms with van der Waals surface area (Å²) in [4.78, 5) is 10.6. The molecule has 3 rings (SSSR count).